The quantitative estimate of drug-likeness (QED) is 0.809. The lowest BCUT2D eigenvalue weighted by Gasteiger charge is -2.04. The van der Waals surface area contributed by atoms with Crippen LogP contribution in [0, 0.1) is 17.5 Å². The molecule has 0 unspecified atom stereocenters. The standard InChI is InChI=1S/C11H6F3NO/c12-6-3-8(13)11(9(14)4-6)10-2-1-7(16)5-15-10/h1-5,16H. The Morgan fingerprint density at radius 2 is 1.62 bits per heavy atom. The summed E-state index contributed by atoms with van der Waals surface area (Å²) < 4.78 is 39.3. The van der Waals surface area contributed by atoms with E-state index in [9.17, 15) is 13.2 Å². The average Bonchev–Trinajstić information content (AvgIpc) is 2.19. The molecule has 16 heavy (non-hydrogen) atoms. The van der Waals surface area contributed by atoms with E-state index >= 15 is 0 Å². The minimum atomic E-state index is -1.03. The number of aromatic hydroxyl groups is 1. The van der Waals surface area contributed by atoms with Gasteiger partial charge in [-0.05, 0) is 12.1 Å². The summed E-state index contributed by atoms with van der Waals surface area (Å²) in [5.41, 5.74) is -0.422. The number of hydrogen-bond donors (Lipinski definition) is 1. The number of halogens is 3. The van der Waals surface area contributed by atoms with Gasteiger partial charge in [-0.25, -0.2) is 13.2 Å². The molecule has 0 aliphatic carbocycles. The minimum Gasteiger partial charge on any atom is -0.506 e. The monoisotopic (exact) mass is 225 g/mol. The molecule has 0 aliphatic heterocycles. The van der Waals surface area contributed by atoms with Crippen LogP contribution >= 0.6 is 0 Å². The van der Waals surface area contributed by atoms with Crippen molar-refractivity contribution in [3.05, 3.63) is 47.9 Å². The number of rotatable bonds is 1. The maximum Gasteiger partial charge on any atom is 0.138 e. The molecule has 2 rings (SSSR count). The molecule has 0 bridgehead atoms. The van der Waals surface area contributed by atoms with Crippen LogP contribution in [0.1, 0.15) is 0 Å². The highest BCUT2D eigenvalue weighted by atomic mass is 19.1. The molecule has 1 heterocycles. The molecule has 0 saturated heterocycles. The second kappa shape index (κ2) is 3.84. The molecule has 0 saturated carbocycles. The van der Waals surface area contributed by atoms with E-state index in [-0.39, 0.29) is 11.4 Å². The van der Waals surface area contributed by atoms with E-state index in [1.165, 1.54) is 12.1 Å². The zero-order valence-corrected chi connectivity index (χ0v) is 7.92. The van der Waals surface area contributed by atoms with Gasteiger partial charge in [0, 0.05) is 12.1 Å². The summed E-state index contributed by atoms with van der Waals surface area (Å²) in [6.07, 6.45) is 1.05. The molecule has 0 radical (unpaired) electrons. The third-order valence-corrected chi connectivity index (χ3v) is 2.01. The van der Waals surface area contributed by atoms with Crippen LogP contribution < -0.4 is 0 Å². The SMILES string of the molecule is Oc1ccc(-c2c(F)cc(F)cc2F)nc1. The van der Waals surface area contributed by atoms with Crippen LogP contribution in [0.15, 0.2) is 30.5 Å². The van der Waals surface area contributed by atoms with Crippen LogP contribution in [0.25, 0.3) is 11.3 Å². The van der Waals surface area contributed by atoms with Gasteiger partial charge in [0.15, 0.2) is 0 Å². The minimum absolute atomic E-state index is 0.00667. The Balaban J connectivity index is 2.60. The van der Waals surface area contributed by atoms with Crippen LogP contribution in [-0.2, 0) is 0 Å². The van der Waals surface area contributed by atoms with Gasteiger partial charge in [-0.15, -0.1) is 0 Å². The molecule has 5 heteroatoms. The van der Waals surface area contributed by atoms with Gasteiger partial charge in [-0.2, -0.15) is 0 Å². The number of nitrogens with zero attached hydrogens (tertiary/aromatic N) is 1. The Hall–Kier alpha value is -2.04. The lowest BCUT2D eigenvalue weighted by molar-refractivity contribution is 0.472. The smallest absolute Gasteiger partial charge is 0.138 e. The van der Waals surface area contributed by atoms with E-state index in [4.69, 9.17) is 5.11 Å². The summed E-state index contributed by atoms with van der Waals surface area (Å²) in [4.78, 5) is 3.65. The van der Waals surface area contributed by atoms with Crippen LogP contribution in [0.4, 0.5) is 13.2 Å². The van der Waals surface area contributed by atoms with Crippen molar-refractivity contribution in [2.45, 2.75) is 0 Å². The summed E-state index contributed by atoms with van der Waals surface area (Å²) >= 11 is 0. The number of aromatic nitrogens is 1. The lowest BCUT2D eigenvalue weighted by Crippen LogP contribution is -1.94. The van der Waals surface area contributed by atoms with Crippen molar-refractivity contribution in [2.75, 3.05) is 0 Å². The molecule has 0 amide bonds. The Morgan fingerprint density at radius 3 is 2.12 bits per heavy atom. The van der Waals surface area contributed by atoms with Crippen molar-refractivity contribution >= 4 is 0 Å². The maximum atomic E-state index is 13.3. The van der Waals surface area contributed by atoms with E-state index in [0.717, 1.165) is 6.20 Å². The fourth-order valence-corrected chi connectivity index (χ4v) is 1.32. The average molecular weight is 225 g/mol. The first-order valence-electron chi connectivity index (χ1n) is 4.38. The Bertz CT molecular complexity index is 502. The van der Waals surface area contributed by atoms with Crippen LogP contribution in [-0.4, -0.2) is 10.1 Å². The molecule has 1 aromatic carbocycles. The molecule has 0 atom stereocenters. The fraction of sp³-hybridized carbons (Fsp3) is 0. The Kier molecular flexibility index (Phi) is 2.52. The molecule has 2 nitrogen and oxygen atoms in total. The molecule has 1 aromatic heterocycles. The summed E-state index contributed by atoms with van der Waals surface area (Å²) in [6.45, 7) is 0. The third kappa shape index (κ3) is 1.84. The topological polar surface area (TPSA) is 33.1 Å². The zero-order valence-electron chi connectivity index (χ0n) is 7.92. The normalized spacial score (nSPS) is 10.4. The van der Waals surface area contributed by atoms with Crippen LogP contribution in [0.5, 0.6) is 5.75 Å². The predicted octanol–water partition coefficient (Wildman–Crippen LogP) is 2.87. The second-order valence-corrected chi connectivity index (χ2v) is 3.15. The summed E-state index contributed by atoms with van der Waals surface area (Å²) in [5, 5.41) is 8.98. The number of pyridine rings is 1. The van der Waals surface area contributed by atoms with Gasteiger partial charge in [0.05, 0.1) is 17.5 Å². The molecule has 0 aliphatic rings. The van der Waals surface area contributed by atoms with E-state index in [2.05, 4.69) is 4.98 Å². The summed E-state index contributed by atoms with van der Waals surface area (Å²) in [7, 11) is 0. The molecule has 2 aromatic rings. The second-order valence-electron chi connectivity index (χ2n) is 3.15. The molecule has 0 fully saturated rings. The number of hydrogen-bond acceptors (Lipinski definition) is 2. The van der Waals surface area contributed by atoms with Gasteiger partial charge in [0.25, 0.3) is 0 Å². The maximum absolute atomic E-state index is 13.3. The van der Waals surface area contributed by atoms with Crippen molar-refractivity contribution in [1.29, 1.82) is 0 Å². The zero-order chi connectivity index (χ0) is 11.7. The highest BCUT2D eigenvalue weighted by Crippen LogP contribution is 2.26. The molecule has 0 spiro atoms. The first-order valence-corrected chi connectivity index (χ1v) is 4.38. The molecular weight excluding hydrogens is 219 g/mol. The van der Waals surface area contributed by atoms with Crippen molar-refractivity contribution in [3.63, 3.8) is 0 Å². The first-order chi connectivity index (χ1) is 7.58. The van der Waals surface area contributed by atoms with Crippen molar-refractivity contribution < 1.29 is 18.3 Å². The summed E-state index contributed by atoms with van der Waals surface area (Å²) in [5.74, 6) is -3.17. The Morgan fingerprint density at radius 1 is 1.00 bits per heavy atom. The first kappa shape index (κ1) is 10.5. The predicted molar refractivity (Wildman–Crippen MR) is 51.2 cm³/mol. The van der Waals surface area contributed by atoms with Gasteiger partial charge < -0.3 is 5.11 Å². The summed E-state index contributed by atoms with van der Waals surface area (Å²) in [6, 6.07) is 3.64. The van der Waals surface area contributed by atoms with E-state index < -0.39 is 23.0 Å². The van der Waals surface area contributed by atoms with E-state index in [0.29, 0.717) is 12.1 Å². The highest BCUT2D eigenvalue weighted by Gasteiger charge is 2.14. The highest BCUT2D eigenvalue weighted by molar-refractivity contribution is 5.61. The van der Waals surface area contributed by atoms with Gasteiger partial charge in [0.2, 0.25) is 0 Å². The molecule has 1 N–H and O–H groups in total. The van der Waals surface area contributed by atoms with Crippen LogP contribution in [0.2, 0.25) is 0 Å². The fourth-order valence-electron chi connectivity index (χ4n) is 1.32. The number of benzene rings is 1. The van der Waals surface area contributed by atoms with E-state index in [1.54, 1.807) is 0 Å². The molecule has 82 valence electrons. The van der Waals surface area contributed by atoms with Crippen LogP contribution in [0.3, 0.4) is 0 Å². The lowest BCUT2D eigenvalue weighted by atomic mass is 10.1. The van der Waals surface area contributed by atoms with Crippen molar-refractivity contribution in [1.82, 2.24) is 4.98 Å². The van der Waals surface area contributed by atoms with Gasteiger partial charge >= 0.3 is 0 Å². The largest absolute Gasteiger partial charge is 0.506 e. The molecular formula is C11H6F3NO. The van der Waals surface area contributed by atoms with Gasteiger partial charge in [0.1, 0.15) is 23.2 Å². The third-order valence-electron chi connectivity index (χ3n) is 2.01. The van der Waals surface area contributed by atoms with Crippen molar-refractivity contribution in [2.24, 2.45) is 0 Å². The van der Waals surface area contributed by atoms with Gasteiger partial charge in [-0.3, -0.25) is 4.98 Å². The van der Waals surface area contributed by atoms with Gasteiger partial charge in [-0.1, -0.05) is 0 Å². The van der Waals surface area contributed by atoms with Crippen molar-refractivity contribution in [3.8, 4) is 17.0 Å². The Labute approximate surface area is 89.0 Å². The van der Waals surface area contributed by atoms with E-state index in [1.807, 2.05) is 0 Å².